The molecule has 1 amide bonds. The molecule has 0 atom stereocenters. The van der Waals surface area contributed by atoms with Crippen LogP contribution in [0.15, 0.2) is 54.6 Å². The lowest BCUT2D eigenvalue weighted by Gasteiger charge is -2.36. The minimum atomic E-state index is -4.40. The highest BCUT2D eigenvalue weighted by Crippen LogP contribution is 2.32. The summed E-state index contributed by atoms with van der Waals surface area (Å²) in [5.74, 6) is 1.77. The van der Waals surface area contributed by atoms with E-state index in [1.165, 1.54) is 12.1 Å². The van der Waals surface area contributed by atoms with Crippen molar-refractivity contribution in [3.05, 3.63) is 77.2 Å². The predicted molar refractivity (Wildman–Crippen MR) is 126 cm³/mol. The van der Waals surface area contributed by atoms with Gasteiger partial charge in [0, 0.05) is 49.4 Å². The topological polar surface area (TPSA) is 49.3 Å². The van der Waals surface area contributed by atoms with Crippen LogP contribution in [0, 0.1) is 6.92 Å². The highest BCUT2D eigenvalue weighted by molar-refractivity contribution is 6.01. The van der Waals surface area contributed by atoms with E-state index in [-0.39, 0.29) is 11.8 Å². The van der Waals surface area contributed by atoms with Gasteiger partial charge in [-0.15, -0.1) is 0 Å². The van der Waals surface area contributed by atoms with Gasteiger partial charge in [-0.3, -0.25) is 4.79 Å². The highest BCUT2D eigenvalue weighted by atomic mass is 19.4. The number of aromatic nitrogens is 2. The molecule has 178 valence electrons. The van der Waals surface area contributed by atoms with Gasteiger partial charge < -0.3 is 9.80 Å². The Balaban J connectivity index is 1.50. The van der Waals surface area contributed by atoms with E-state index in [9.17, 15) is 18.0 Å². The average Bonchev–Trinajstić information content (AvgIpc) is 2.83. The van der Waals surface area contributed by atoms with Crippen molar-refractivity contribution in [3.8, 4) is 11.1 Å². The van der Waals surface area contributed by atoms with Crippen molar-refractivity contribution in [2.45, 2.75) is 32.9 Å². The second kappa shape index (κ2) is 9.44. The first-order chi connectivity index (χ1) is 16.1. The number of hydrogen-bond acceptors (Lipinski definition) is 4. The lowest BCUT2D eigenvalue weighted by molar-refractivity contribution is -0.137. The molecule has 0 bridgehead atoms. The van der Waals surface area contributed by atoms with Crippen molar-refractivity contribution in [2.75, 3.05) is 31.1 Å². The highest BCUT2D eigenvalue weighted by Gasteiger charge is 2.30. The third-order valence-corrected chi connectivity index (χ3v) is 5.95. The molecule has 8 heteroatoms. The van der Waals surface area contributed by atoms with Crippen molar-refractivity contribution in [3.63, 3.8) is 0 Å². The van der Waals surface area contributed by atoms with E-state index in [1.807, 2.05) is 13.0 Å². The van der Waals surface area contributed by atoms with Gasteiger partial charge >= 0.3 is 6.18 Å². The quantitative estimate of drug-likeness (QED) is 0.503. The Morgan fingerprint density at radius 2 is 1.59 bits per heavy atom. The van der Waals surface area contributed by atoms with Crippen LogP contribution in [0.4, 0.5) is 19.0 Å². The van der Waals surface area contributed by atoms with Crippen molar-refractivity contribution in [1.29, 1.82) is 0 Å². The maximum absolute atomic E-state index is 13.4. The molecule has 0 unspecified atom stereocenters. The zero-order valence-corrected chi connectivity index (χ0v) is 19.4. The number of rotatable bonds is 4. The third-order valence-electron chi connectivity index (χ3n) is 5.95. The first kappa shape index (κ1) is 23.7. The fourth-order valence-corrected chi connectivity index (χ4v) is 4.06. The van der Waals surface area contributed by atoms with Gasteiger partial charge in [0.15, 0.2) is 0 Å². The number of carbonyl (C=O) groups is 1. The molecule has 2 aromatic carbocycles. The van der Waals surface area contributed by atoms with Crippen LogP contribution >= 0.6 is 0 Å². The number of amides is 1. The van der Waals surface area contributed by atoms with Crippen LogP contribution < -0.4 is 4.90 Å². The summed E-state index contributed by atoms with van der Waals surface area (Å²) in [4.78, 5) is 26.5. The van der Waals surface area contributed by atoms with Crippen LogP contribution in [-0.2, 0) is 6.18 Å². The van der Waals surface area contributed by atoms with Gasteiger partial charge in [0.1, 0.15) is 11.6 Å². The summed E-state index contributed by atoms with van der Waals surface area (Å²) in [6, 6.07) is 13.9. The number of aryl methyl sites for hydroxylation is 1. The molecule has 0 spiro atoms. The van der Waals surface area contributed by atoms with Gasteiger partial charge in [-0.05, 0) is 36.2 Å². The van der Waals surface area contributed by atoms with Crippen LogP contribution in [0.3, 0.4) is 0 Å². The second-order valence-corrected chi connectivity index (χ2v) is 8.78. The molecule has 3 aromatic rings. The number of hydrogen-bond donors (Lipinski definition) is 0. The molecular weight excluding hydrogens is 441 g/mol. The van der Waals surface area contributed by atoms with Gasteiger partial charge in [-0.2, -0.15) is 13.2 Å². The SMILES string of the molecule is Cc1cc(N2CCN(C(=O)c3ccccc3-c3ccc(C(F)(F)F)cc3)CC2)nc(C(C)C)n1. The standard InChI is InChI=1S/C26H27F3N4O/c1-17(2)24-30-18(3)16-23(31-24)32-12-14-33(15-13-32)25(34)22-7-5-4-6-21(22)19-8-10-20(11-9-19)26(27,28)29/h4-11,16-17H,12-15H2,1-3H3. The monoisotopic (exact) mass is 468 g/mol. The van der Waals surface area contributed by atoms with E-state index in [4.69, 9.17) is 4.98 Å². The summed E-state index contributed by atoms with van der Waals surface area (Å²) in [7, 11) is 0. The smallest absolute Gasteiger partial charge is 0.353 e. The van der Waals surface area contributed by atoms with Gasteiger partial charge in [0.2, 0.25) is 0 Å². The largest absolute Gasteiger partial charge is 0.416 e. The average molecular weight is 469 g/mol. The van der Waals surface area contributed by atoms with Crippen molar-refractivity contribution < 1.29 is 18.0 Å². The zero-order chi connectivity index (χ0) is 24.5. The maximum atomic E-state index is 13.4. The molecule has 1 aliphatic heterocycles. The van der Waals surface area contributed by atoms with Crippen LogP contribution in [0.25, 0.3) is 11.1 Å². The van der Waals surface area contributed by atoms with E-state index >= 15 is 0 Å². The van der Waals surface area contributed by atoms with Crippen molar-refractivity contribution >= 4 is 11.7 Å². The number of nitrogens with zero attached hydrogens (tertiary/aromatic N) is 4. The molecule has 0 radical (unpaired) electrons. The van der Waals surface area contributed by atoms with Gasteiger partial charge in [0.25, 0.3) is 5.91 Å². The predicted octanol–water partition coefficient (Wildman–Crippen LogP) is 5.56. The molecular formula is C26H27F3N4O. The second-order valence-electron chi connectivity index (χ2n) is 8.78. The van der Waals surface area contributed by atoms with Crippen LogP contribution in [0.1, 0.15) is 47.2 Å². The van der Waals surface area contributed by atoms with Crippen molar-refractivity contribution in [1.82, 2.24) is 14.9 Å². The number of benzene rings is 2. The van der Waals surface area contributed by atoms with Gasteiger partial charge in [-0.25, -0.2) is 9.97 Å². The molecule has 1 saturated heterocycles. The first-order valence-electron chi connectivity index (χ1n) is 11.3. The molecule has 5 nitrogen and oxygen atoms in total. The number of carbonyl (C=O) groups excluding carboxylic acids is 1. The van der Waals surface area contributed by atoms with E-state index in [0.717, 1.165) is 29.5 Å². The molecule has 1 aromatic heterocycles. The molecule has 2 heterocycles. The minimum Gasteiger partial charge on any atom is -0.353 e. The molecule has 0 N–H and O–H groups in total. The van der Waals surface area contributed by atoms with Crippen LogP contribution in [0.5, 0.6) is 0 Å². The van der Waals surface area contributed by atoms with E-state index < -0.39 is 11.7 Å². The molecule has 4 rings (SSSR count). The van der Waals surface area contributed by atoms with Gasteiger partial charge in [0.05, 0.1) is 5.56 Å². The summed E-state index contributed by atoms with van der Waals surface area (Å²) >= 11 is 0. The van der Waals surface area contributed by atoms with E-state index in [0.29, 0.717) is 42.9 Å². The molecule has 34 heavy (non-hydrogen) atoms. The minimum absolute atomic E-state index is 0.128. The Labute approximate surface area is 197 Å². The summed E-state index contributed by atoms with van der Waals surface area (Å²) < 4.78 is 38.8. The number of piperazine rings is 1. The summed E-state index contributed by atoms with van der Waals surface area (Å²) in [5.41, 5.74) is 1.88. The lowest BCUT2D eigenvalue weighted by Crippen LogP contribution is -2.49. The Morgan fingerprint density at radius 3 is 2.21 bits per heavy atom. The maximum Gasteiger partial charge on any atom is 0.416 e. The van der Waals surface area contributed by atoms with E-state index in [1.54, 1.807) is 29.2 Å². The first-order valence-corrected chi connectivity index (χ1v) is 11.3. The fourth-order valence-electron chi connectivity index (χ4n) is 4.06. The Bertz CT molecular complexity index is 1170. The molecule has 1 aliphatic rings. The Morgan fingerprint density at radius 1 is 0.941 bits per heavy atom. The third kappa shape index (κ3) is 5.05. The van der Waals surface area contributed by atoms with E-state index in [2.05, 4.69) is 23.7 Å². The number of halogens is 3. The number of alkyl halides is 3. The Hall–Kier alpha value is -3.42. The van der Waals surface area contributed by atoms with Gasteiger partial charge in [-0.1, -0.05) is 44.2 Å². The van der Waals surface area contributed by atoms with Crippen LogP contribution in [-0.4, -0.2) is 47.0 Å². The summed E-state index contributed by atoms with van der Waals surface area (Å²) in [6.07, 6.45) is -4.40. The normalized spacial score (nSPS) is 14.6. The fraction of sp³-hybridized carbons (Fsp3) is 0.346. The molecule has 0 aliphatic carbocycles. The summed E-state index contributed by atoms with van der Waals surface area (Å²) in [6.45, 7) is 8.41. The zero-order valence-electron chi connectivity index (χ0n) is 19.4. The molecule has 1 fully saturated rings. The summed E-state index contributed by atoms with van der Waals surface area (Å²) in [5, 5.41) is 0. The molecule has 0 saturated carbocycles. The lowest BCUT2D eigenvalue weighted by atomic mass is 9.97. The Kier molecular flexibility index (Phi) is 6.59. The number of anilines is 1. The van der Waals surface area contributed by atoms with Crippen molar-refractivity contribution in [2.24, 2.45) is 0 Å². The van der Waals surface area contributed by atoms with Crippen LogP contribution in [0.2, 0.25) is 0 Å².